The van der Waals surface area contributed by atoms with Crippen molar-refractivity contribution in [3.8, 4) is 5.69 Å². The lowest BCUT2D eigenvalue weighted by atomic mass is 10.1. The average Bonchev–Trinajstić information content (AvgIpc) is 3.09. The molecule has 0 spiro atoms. The Morgan fingerprint density at radius 1 is 1.03 bits per heavy atom. The van der Waals surface area contributed by atoms with Crippen molar-refractivity contribution in [1.82, 2.24) is 18.9 Å². The number of nitrogens with zero attached hydrogens (tertiary/aromatic N) is 5. The van der Waals surface area contributed by atoms with E-state index in [2.05, 4.69) is 16.8 Å². The molecule has 2 aliphatic heterocycles. The molecular formula is C26H37N5O5. The molecule has 1 atom stereocenters. The highest BCUT2D eigenvalue weighted by Crippen LogP contribution is 2.26. The molecular weight excluding hydrogens is 462 g/mol. The van der Waals surface area contributed by atoms with Crippen molar-refractivity contribution in [2.75, 3.05) is 44.7 Å². The van der Waals surface area contributed by atoms with Crippen LogP contribution < -0.4 is 10.6 Å². The molecule has 1 aromatic heterocycles. The van der Waals surface area contributed by atoms with Crippen LogP contribution in [-0.4, -0.2) is 82.5 Å². The van der Waals surface area contributed by atoms with E-state index in [0.717, 1.165) is 31.9 Å². The third-order valence-electron chi connectivity index (χ3n) is 6.62. The van der Waals surface area contributed by atoms with Crippen LogP contribution in [0, 0.1) is 0 Å². The molecule has 196 valence electrons. The maximum absolute atomic E-state index is 13.6. The van der Waals surface area contributed by atoms with Crippen LogP contribution in [-0.2, 0) is 22.6 Å². The van der Waals surface area contributed by atoms with Crippen LogP contribution in [0.4, 0.5) is 10.5 Å². The third-order valence-corrected chi connectivity index (χ3v) is 6.62. The minimum atomic E-state index is -0.657. The average molecular weight is 500 g/mol. The SMILES string of the molecule is CCOC(=O)c1c2n(c(=O)n1-c1ccc(N3CCN(C)CC3)cc1)CC(C)N(C(=O)OC(C)(C)C)C2. The molecule has 10 heteroatoms. The van der Waals surface area contributed by atoms with Crippen LogP contribution in [0.5, 0.6) is 0 Å². The molecule has 1 fully saturated rings. The van der Waals surface area contributed by atoms with Gasteiger partial charge in [-0.15, -0.1) is 0 Å². The largest absolute Gasteiger partial charge is 0.461 e. The highest BCUT2D eigenvalue weighted by atomic mass is 16.6. The predicted octanol–water partition coefficient (Wildman–Crippen LogP) is 2.71. The summed E-state index contributed by atoms with van der Waals surface area (Å²) in [6.45, 7) is 13.4. The zero-order valence-corrected chi connectivity index (χ0v) is 22.1. The molecule has 36 heavy (non-hydrogen) atoms. The number of benzene rings is 1. The minimum Gasteiger partial charge on any atom is -0.461 e. The van der Waals surface area contributed by atoms with Gasteiger partial charge in [0.05, 0.1) is 30.6 Å². The molecule has 0 N–H and O–H groups in total. The molecule has 1 aromatic carbocycles. The van der Waals surface area contributed by atoms with E-state index < -0.39 is 17.7 Å². The van der Waals surface area contributed by atoms with Gasteiger partial charge in [0, 0.05) is 38.4 Å². The zero-order valence-electron chi connectivity index (χ0n) is 22.1. The van der Waals surface area contributed by atoms with Gasteiger partial charge in [-0.1, -0.05) is 0 Å². The van der Waals surface area contributed by atoms with Crippen LogP contribution in [0.3, 0.4) is 0 Å². The van der Waals surface area contributed by atoms with E-state index >= 15 is 0 Å². The molecule has 1 amide bonds. The molecule has 1 unspecified atom stereocenters. The number of imidazole rings is 1. The topological polar surface area (TPSA) is 89.3 Å². The van der Waals surface area contributed by atoms with Crippen LogP contribution >= 0.6 is 0 Å². The van der Waals surface area contributed by atoms with Gasteiger partial charge >= 0.3 is 17.8 Å². The molecule has 0 bridgehead atoms. The molecule has 10 nitrogen and oxygen atoms in total. The van der Waals surface area contributed by atoms with Gasteiger partial charge in [0.25, 0.3) is 0 Å². The second-order valence-electron chi connectivity index (χ2n) is 10.5. The van der Waals surface area contributed by atoms with Gasteiger partial charge in [0.1, 0.15) is 5.60 Å². The maximum atomic E-state index is 13.6. The number of piperazine rings is 1. The number of likely N-dealkylation sites (N-methyl/N-ethyl adjacent to an activating group) is 1. The summed E-state index contributed by atoms with van der Waals surface area (Å²) in [4.78, 5) is 45.8. The van der Waals surface area contributed by atoms with Gasteiger partial charge in [-0.25, -0.2) is 14.4 Å². The number of aromatic nitrogens is 2. The van der Waals surface area contributed by atoms with Crippen molar-refractivity contribution in [3.05, 3.63) is 46.1 Å². The Bertz CT molecular complexity index is 1170. The maximum Gasteiger partial charge on any atom is 0.410 e. The number of hydrogen-bond donors (Lipinski definition) is 0. The van der Waals surface area contributed by atoms with E-state index in [1.807, 2.05) is 52.0 Å². The first-order chi connectivity index (χ1) is 17.0. The number of amides is 1. The summed E-state index contributed by atoms with van der Waals surface area (Å²) in [6, 6.07) is 7.40. The zero-order chi connectivity index (χ0) is 26.2. The normalized spacial score (nSPS) is 18.7. The highest BCUT2D eigenvalue weighted by molar-refractivity contribution is 5.90. The number of hydrogen-bond acceptors (Lipinski definition) is 7. The molecule has 1 saturated heterocycles. The number of anilines is 1. The Balaban J connectivity index is 1.72. The Morgan fingerprint density at radius 2 is 1.64 bits per heavy atom. The highest BCUT2D eigenvalue weighted by Gasteiger charge is 2.37. The lowest BCUT2D eigenvalue weighted by Gasteiger charge is -2.35. The molecule has 2 aliphatic rings. The van der Waals surface area contributed by atoms with Gasteiger partial charge in [0.15, 0.2) is 5.69 Å². The van der Waals surface area contributed by atoms with E-state index in [9.17, 15) is 14.4 Å². The minimum absolute atomic E-state index is 0.0752. The van der Waals surface area contributed by atoms with Crippen molar-refractivity contribution in [3.63, 3.8) is 0 Å². The fourth-order valence-corrected chi connectivity index (χ4v) is 4.71. The summed E-state index contributed by atoms with van der Waals surface area (Å²) in [5.74, 6) is -0.592. The monoisotopic (exact) mass is 499 g/mol. The van der Waals surface area contributed by atoms with Crippen molar-refractivity contribution in [1.29, 1.82) is 0 Å². The number of rotatable bonds is 4. The van der Waals surface area contributed by atoms with E-state index in [-0.39, 0.29) is 37.1 Å². The predicted molar refractivity (Wildman–Crippen MR) is 137 cm³/mol. The van der Waals surface area contributed by atoms with Crippen LogP contribution in [0.15, 0.2) is 29.1 Å². The first kappa shape index (κ1) is 25.8. The first-order valence-electron chi connectivity index (χ1n) is 12.5. The first-order valence-corrected chi connectivity index (χ1v) is 12.5. The smallest absolute Gasteiger partial charge is 0.410 e. The Hall–Kier alpha value is -3.27. The van der Waals surface area contributed by atoms with E-state index in [4.69, 9.17) is 9.47 Å². The van der Waals surface area contributed by atoms with E-state index in [1.54, 1.807) is 16.4 Å². The Morgan fingerprint density at radius 3 is 2.22 bits per heavy atom. The van der Waals surface area contributed by atoms with E-state index in [0.29, 0.717) is 11.4 Å². The fourth-order valence-electron chi connectivity index (χ4n) is 4.71. The third kappa shape index (κ3) is 5.13. The van der Waals surface area contributed by atoms with Crippen molar-refractivity contribution in [2.45, 2.75) is 59.4 Å². The van der Waals surface area contributed by atoms with Crippen molar-refractivity contribution < 1.29 is 19.1 Å². The lowest BCUT2D eigenvalue weighted by Crippen LogP contribution is -2.48. The van der Waals surface area contributed by atoms with Gasteiger partial charge in [0.2, 0.25) is 0 Å². The number of ether oxygens (including phenoxy) is 2. The number of carbonyl (C=O) groups is 2. The molecule has 0 radical (unpaired) electrons. The van der Waals surface area contributed by atoms with E-state index in [1.165, 1.54) is 4.57 Å². The van der Waals surface area contributed by atoms with Gasteiger partial charge in [-0.3, -0.25) is 14.0 Å². The number of esters is 1. The number of carbonyl (C=O) groups excluding carboxylic acids is 2. The van der Waals surface area contributed by atoms with Gasteiger partial charge in [-0.2, -0.15) is 0 Å². The molecule has 2 aromatic rings. The Labute approximate surface area is 212 Å². The van der Waals surface area contributed by atoms with Crippen molar-refractivity contribution >= 4 is 17.7 Å². The quantitative estimate of drug-likeness (QED) is 0.598. The van der Waals surface area contributed by atoms with Crippen LogP contribution in [0.25, 0.3) is 5.69 Å². The van der Waals surface area contributed by atoms with Crippen LogP contribution in [0.2, 0.25) is 0 Å². The summed E-state index contributed by atoms with van der Waals surface area (Å²) in [5.41, 5.74) is 1.27. The van der Waals surface area contributed by atoms with Crippen molar-refractivity contribution in [2.24, 2.45) is 0 Å². The van der Waals surface area contributed by atoms with Gasteiger partial charge in [-0.05, 0) is 65.9 Å². The molecule has 4 rings (SSSR count). The summed E-state index contributed by atoms with van der Waals surface area (Å²) in [5, 5.41) is 0. The molecule has 0 saturated carbocycles. The fraction of sp³-hybridized carbons (Fsp3) is 0.577. The summed E-state index contributed by atoms with van der Waals surface area (Å²) in [7, 11) is 2.11. The summed E-state index contributed by atoms with van der Waals surface area (Å²) < 4.78 is 13.9. The lowest BCUT2D eigenvalue weighted by molar-refractivity contribution is 0.00925. The second kappa shape index (κ2) is 10.0. The standard InChI is InChI=1S/C26H37N5O5/c1-7-35-23(32)22-21-17-29(25(34)36-26(3,4)5)18(2)16-30(21)24(33)31(22)20-10-8-19(9-11-20)28-14-12-27(6)13-15-28/h8-11,18H,7,12-17H2,1-6H3. The van der Waals surface area contributed by atoms with Crippen LogP contribution in [0.1, 0.15) is 50.8 Å². The Kier molecular flexibility index (Phi) is 7.17. The van der Waals surface area contributed by atoms with Gasteiger partial charge < -0.3 is 19.3 Å². The molecule has 3 heterocycles. The summed E-state index contributed by atoms with van der Waals surface area (Å²) >= 11 is 0. The second-order valence-corrected chi connectivity index (χ2v) is 10.5. The number of fused-ring (bicyclic) bond motifs is 1. The molecule has 0 aliphatic carbocycles. The summed E-state index contributed by atoms with van der Waals surface area (Å²) in [6.07, 6.45) is -0.479.